The van der Waals surface area contributed by atoms with Crippen molar-refractivity contribution in [2.24, 2.45) is 0 Å². The maximum absolute atomic E-state index is 7.95. The summed E-state index contributed by atoms with van der Waals surface area (Å²) in [4.78, 5) is 0. The molecule has 1 unspecified atom stereocenters. The smallest absolute Gasteiger partial charge is 0.200 e. The molecule has 74 heavy (non-hydrogen) atoms. The van der Waals surface area contributed by atoms with Crippen LogP contribution in [0.25, 0.3) is 0 Å². The third-order valence-electron chi connectivity index (χ3n) is 15.3. The zero-order valence-electron chi connectivity index (χ0n) is 44.9. The first-order valence-electron chi connectivity index (χ1n) is 27.2. The van der Waals surface area contributed by atoms with Gasteiger partial charge in [0.25, 0.3) is 0 Å². The topological polar surface area (TPSA) is 92.3 Å². The first kappa shape index (κ1) is 55.9. The molecule has 0 saturated carbocycles. The summed E-state index contributed by atoms with van der Waals surface area (Å²) in [6.07, 6.45) is 2.15. The van der Waals surface area contributed by atoms with Crippen molar-refractivity contribution in [1.29, 1.82) is 0 Å². The van der Waals surface area contributed by atoms with Gasteiger partial charge in [0.15, 0.2) is 12.6 Å². The minimum atomic E-state index is -2.54. The summed E-state index contributed by atoms with van der Waals surface area (Å²) in [5, 5.41) is 0. The van der Waals surface area contributed by atoms with Crippen molar-refractivity contribution in [2.45, 2.75) is 185 Å². The van der Waals surface area contributed by atoms with Crippen LogP contribution in [0.1, 0.15) is 102 Å². The van der Waals surface area contributed by atoms with Crippen molar-refractivity contribution in [2.75, 3.05) is 13.2 Å². The van der Waals surface area contributed by atoms with E-state index in [1.807, 2.05) is 78.9 Å². The lowest BCUT2D eigenvalue weighted by atomic mass is 9.82. The van der Waals surface area contributed by atoms with E-state index in [-0.39, 0.29) is 18.3 Å². The molecule has 0 amide bonds. The number of fused-ring (bicyclic) bond motifs is 1. The van der Waals surface area contributed by atoms with E-state index < -0.39 is 50.9 Å². The van der Waals surface area contributed by atoms with Crippen molar-refractivity contribution in [3.8, 4) is 0 Å². The second-order valence-corrected chi connectivity index (χ2v) is 26.8. The van der Waals surface area contributed by atoms with Gasteiger partial charge in [0, 0.05) is 19.3 Å². The van der Waals surface area contributed by atoms with Gasteiger partial charge in [0.1, 0.15) is 23.9 Å². The van der Waals surface area contributed by atoms with Crippen molar-refractivity contribution < 1.29 is 47.1 Å². The van der Waals surface area contributed by atoms with Crippen LogP contribution in [-0.4, -0.2) is 82.4 Å². The molecule has 2 saturated heterocycles. The molecule has 0 aliphatic carbocycles. The Hall–Kier alpha value is -4.34. The Bertz CT molecular complexity index is 2350. The Morgan fingerprint density at radius 3 is 1.59 bits per heavy atom. The lowest BCUT2D eigenvalue weighted by molar-refractivity contribution is -0.287. The second-order valence-electron chi connectivity index (χ2n) is 21.4. The van der Waals surface area contributed by atoms with Crippen LogP contribution < -0.4 is 0 Å². The van der Waals surface area contributed by atoms with Crippen molar-refractivity contribution in [3.05, 3.63) is 192 Å². The summed E-state index contributed by atoms with van der Waals surface area (Å²) in [5.74, 6) is 0. The molecule has 3 aliphatic heterocycles. The van der Waals surface area contributed by atoms with Crippen LogP contribution in [0.3, 0.4) is 0 Å². The predicted octanol–water partition coefficient (Wildman–Crippen LogP) is 13.5. The summed E-state index contributed by atoms with van der Waals surface area (Å²) in [5.41, 5.74) is 5.36. The SMILES string of the molecule is CC(C)[Si](O[C@@H]1C[C@H](OCc2ccccc2)[C@@H](COCc2ccccc2)O[C@@]1(C)[C@@H](CC1OCC[C@H]2O[C@@H](OCc3ccccc3)[C@H](OCc3ccccc3)C/C=C\[C@@H]2O1)OCc1ccccc1)(C(C)C)C(C)C. The van der Waals surface area contributed by atoms with Gasteiger partial charge in [-0.3, -0.25) is 0 Å². The third kappa shape index (κ3) is 15.0. The summed E-state index contributed by atoms with van der Waals surface area (Å²) in [6, 6.07) is 51.4. The lowest BCUT2D eigenvalue weighted by Crippen LogP contribution is -2.66. The van der Waals surface area contributed by atoms with Crippen LogP contribution in [-0.2, 0) is 80.1 Å². The molecule has 5 aromatic rings. The molecule has 2 fully saturated rings. The largest absolute Gasteiger partial charge is 0.410 e. The number of rotatable bonds is 24. The van der Waals surface area contributed by atoms with Crippen LogP contribution in [0.4, 0.5) is 0 Å². The molecule has 0 N–H and O–H groups in total. The fourth-order valence-corrected chi connectivity index (χ4v) is 17.0. The van der Waals surface area contributed by atoms with Gasteiger partial charge in [-0.2, -0.15) is 0 Å². The van der Waals surface area contributed by atoms with E-state index in [0.29, 0.717) is 88.6 Å². The molecule has 10 atom stereocenters. The molecular formula is C63H82O10Si. The van der Waals surface area contributed by atoms with Crippen LogP contribution in [0, 0.1) is 0 Å². The molecule has 5 aromatic carbocycles. The molecule has 0 radical (unpaired) electrons. The minimum Gasteiger partial charge on any atom is -0.410 e. The Balaban J connectivity index is 1.11. The normalized spacial score (nSPS) is 26.5. The van der Waals surface area contributed by atoms with Crippen LogP contribution in [0.2, 0.25) is 16.6 Å². The number of hydrogen-bond acceptors (Lipinski definition) is 10. The van der Waals surface area contributed by atoms with Crippen LogP contribution >= 0.6 is 0 Å². The van der Waals surface area contributed by atoms with Gasteiger partial charge in [-0.25, -0.2) is 0 Å². The summed E-state index contributed by atoms with van der Waals surface area (Å²) in [6.45, 7) is 19.0. The molecule has 10 nitrogen and oxygen atoms in total. The highest BCUT2D eigenvalue weighted by Crippen LogP contribution is 2.48. The molecule has 0 bridgehead atoms. The average Bonchev–Trinajstić information content (AvgIpc) is 3.60. The maximum Gasteiger partial charge on any atom is 0.200 e. The molecule has 398 valence electrons. The highest BCUT2D eigenvalue weighted by molar-refractivity contribution is 6.77. The minimum absolute atomic E-state index is 0.315. The van der Waals surface area contributed by atoms with E-state index in [4.69, 9.17) is 47.1 Å². The standard InChI is InChI=1S/C63H82O10Si/c1-46(2)74(47(3)4,48(5)6)73-60-38-57(67-42-51-28-17-10-18-29-51)58(45-64-40-49-24-13-8-14-25-49)72-63(60,7)59(68-43-52-30-19-11-20-31-52)39-61-65-37-36-55-54(70-61)34-23-35-56(66-41-50-26-15-9-16-27-50)62(71-55)69-44-53-32-21-12-22-33-53/h8-34,46-48,54-62H,35-45H2,1-7H3/b34-23-/t54-,55+,56+,57-,58+,59+,60+,61?,62+,63-/m0/s1. The van der Waals surface area contributed by atoms with E-state index in [1.165, 1.54) is 0 Å². The molecule has 0 aromatic heterocycles. The lowest BCUT2D eigenvalue weighted by Gasteiger charge is -2.55. The maximum atomic E-state index is 7.95. The Morgan fingerprint density at radius 1 is 0.581 bits per heavy atom. The number of benzene rings is 5. The van der Waals surface area contributed by atoms with Gasteiger partial charge in [0.05, 0.1) is 70.7 Å². The molecule has 0 spiro atoms. The highest BCUT2D eigenvalue weighted by Gasteiger charge is 2.57. The molecule has 11 heteroatoms. The van der Waals surface area contributed by atoms with E-state index in [2.05, 4.69) is 133 Å². The average molecular weight is 1030 g/mol. The van der Waals surface area contributed by atoms with Crippen molar-refractivity contribution in [3.63, 3.8) is 0 Å². The van der Waals surface area contributed by atoms with E-state index in [0.717, 1.165) is 27.8 Å². The third-order valence-corrected chi connectivity index (χ3v) is 21.4. The molecular weight excluding hydrogens is 945 g/mol. The summed E-state index contributed by atoms with van der Waals surface area (Å²) >= 11 is 0. The van der Waals surface area contributed by atoms with Gasteiger partial charge in [-0.1, -0.05) is 205 Å². The van der Waals surface area contributed by atoms with E-state index in [1.54, 1.807) is 0 Å². The zero-order valence-corrected chi connectivity index (χ0v) is 45.9. The first-order chi connectivity index (χ1) is 36.0. The van der Waals surface area contributed by atoms with E-state index >= 15 is 0 Å². The van der Waals surface area contributed by atoms with Gasteiger partial charge >= 0.3 is 0 Å². The van der Waals surface area contributed by atoms with Gasteiger partial charge in [-0.15, -0.1) is 0 Å². The van der Waals surface area contributed by atoms with E-state index in [9.17, 15) is 0 Å². The highest BCUT2D eigenvalue weighted by atomic mass is 28.4. The number of ether oxygens (including phenoxy) is 9. The monoisotopic (exact) mass is 1030 g/mol. The van der Waals surface area contributed by atoms with Gasteiger partial charge < -0.3 is 47.1 Å². The fraction of sp³-hybridized carbons (Fsp3) is 0.492. The Morgan fingerprint density at radius 2 is 1.07 bits per heavy atom. The first-order valence-corrected chi connectivity index (χ1v) is 29.3. The number of hydrogen-bond donors (Lipinski definition) is 0. The van der Waals surface area contributed by atoms with Crippen LogP contribution in [0.15, 0.2) is 164 Å². The fourth-order valence-electron chi connectivity index (χ4n) is 11.3. The van der Waals surface area contributed by atoms with Crippen LogP contribution in [0.5, 0.6) is 0 Å². The second kappa shape index (κ2) is 27.6. The summed E-state index contributed by atoms with van der Waals surface area (Å²) < 4.78 is 70.5. The van der Waals surface area contributed by atoms with Crippen molar-refractivity contribution in [1.82, 2.24) is 0 Å². The Kier molecular flexibility index (Phi) is 20.9. The Labute approximate surface area is 443 Å². The predicted molar refractivity (Wildman–Crippen MR) is 292 cm³/mol. The molecule has 8 rings (SSSR count). The van der Waals surface area contributed by atoms with Gasteiger partial charge in [-0.05, 0) is 57.8 Å². The van der Waals surface area contributed by atoms with Gasteiger partial charge in [0.2, 0.25) is 8.32 Å². The quantitative estimate of drug-likeness (QED) is 0.0439. The summed E-state index contributed by atoms with van der Waals surface area (Å²) in [7, 11) is -2.54. The zero-order chi connectivity index (χ0) is 51.8. The molecule has 3 heterocycles. The van der Waals surface area contributed by atoms with Crippen molar-refractivity contribution >= 4 is 8.32 Å². The molecule has 3 aliphatic rings.